The molecule has 174 valence electrons. The topological polar surface area (TPSA) is 112 Å². The molecule has 2 aromatic carbocycles. The first-order valence-corrected chi connectivity index (χ1v) is 10.9. The Labute approximate surface area is 202 Å². The standard InChI is InChI=1S/C25H24ClN5O3/c1-28-23(16-6-4-5-7-17(16)26)21-18(27)10-8-15-13-29-25(31-22(15)21)30-19-11-9-14(24(32)34-3)12-20(19)33-2/h4-7,9,11-13H,8,10,27H2,1-3H3,(H,29,30,31). The van der Waals surface area contributed by atoms with Crippen molar-refractivity contribution in [3.63, 3.8) is 0 Å². The Morgan fingerprint density at radius 3 is 2.68 bits per heavy atom. The number of rotatable bonds is 6. The van der Waals surface area contributed by atoms with Gasteiger partial charge < -0.3 is 20.5 Å². The number of aryl methyl sites for hydroxylation is 1. The number of fused-ring (bicyclic) bond motifs is 1. The third-order valence-corrected chi connectivity index (χ3v) is 5.87. The summed E-state index contributed by atoms with van der Waals surface area (Å²) in [5, 5.41) is 3.75. The summed E-state index contributed by atoms with van der Waals surface area (Å²) >= 11 is 6.47. The molecule has 8 nitrogen and oxygen atoms in total. The van der Waals surface area contributed by atoms with Crippen molar-refractivity contribution in [2.75, 3.05) is 26.6 Å². The summed E-state index contributed by atoms with van der Waals surface area (Å²) in [7, 11) is 4.56. The minimum Gasteiger partial charge on any atom is -0.495 e. The zero-order chi connectivity index (χ0) is 24.2. The summed E-state index contributed by atoms with van der Waals surface area (Å²) in [6.45, 7) is 0. The van der Waals surface area contributed by atoms with Crippen LogP contribution in [0.1, 0.15) is 33.6 Å². The monoisotopic (exact) mass is 477 g/mol. The Bertz CT molecular complexity index is 1320. The van der Waals surface area contributed by atoms with E-state index in [0.717, 1.165) is 23.1 Å². The van der Waals surface area contributed by atoms with Crippen molar-refractivity contribution in [2.45, 2.75) is 12.8 Å². The highest BCUT2D eigenvalue weighted by Gasteiger charge is 2.26. The molecule has 0 radical (unpaired) electrons. The molecule has 1 heterocycles. The zero-order valence-electron chi connectivity index (χ0n) is 19.1. The number of anilines is 2. The van der Waals surface area contributed by atoms with E-state index in [1.165, 1.54) is 14.2 Å². The van der Waals surface area contributed by atoms with Crippen LogP contribution in [0.4, 0.5) is 11.6 Å². The van der Waals surface area contributed by atoms with Crippen LogP contribution in [0.3, 0.4) is 0 Å². The first-order valence-electron chi connectivity index (χ1n) is 10.6. The largest absolute Gasteiger partial charge is 0.495 e. The number of nitrogens with two attached hydrogens (primary N) is 1. The van der Waals surface area contributed by atoms with Gasteiger partial charge in [0.15, 0.2) is 0 Å². The van der Waals surface area contributed by atoms with Gasteiger partial charge in [0, 0.05) is 35.1 Å². The molecule has 0 fully saturated rings. The molecule has 34 heavy (non-hydrogen) atoms. The van der Waals surface area contributed by atoms with E-state index in [1.54, 1.807) is 31.4 Å². The Hall–Kier alpha value is -3.91. The number of aromatic nitrogens is 2. The molecule has 3 aromatic rings. The summed E-state index contributed by atoms with van der Waals surface area (Å²) in [5.74, 6) is 0.349. The van der Waals surface area contributed by atoms with Crippen molar-refractivity contribution in [3.8, 4) is 5.75 Å². The number of hydrogen-bond acceptors (Lipinski definition) is 8. The van der Waals surface area contributed by atoms with Crippen molar-refractivity contribution in [1.29, 1.82) is 0 Å². The van der Waals surface area contributed by atoms with Crippen molar-refractivity contribution in [3.05, 3.63) is 81.8 Å². The quantitative estimate of drug-likeness (QED) is 0.399. The molecule has 4 rings (SSSR count). The lowest BCUT2D eigenvalue weighted by molar-refractivity contribution is 0.0600. The van der Waals surface area contributed by atoms with Crippen LogP contribution >= 0.6 is 11.6 Å². The van der Waals surface area contributed by atoms with Gasteiger partial charge >= 0.3 is 5.97 Å². The molecule has 0 unspecified atom stereocenters. The average molecular weight is 478 g/mol. The molecule has 1 aromatic heterocycles. The lowest BCUT2D eigenvalue weighted by Crippen LogP contribution is -2.20. The van der Waals surface area contributed by atoms with Gasteiger partial charge in [-0.05, 0) is 42.7 Å². The van der Waals surface area contributed by atoms with E-state index in [9.17, 15) is 4.79 Å². The van der Waals surface area contributed by atoms with Gasteiger partial charge in [0.1, 0.15) is 5.75 Å². The van der Waals surface area contributed by atoms with Crippen LogP contribution in [-0.4, -0.2) is 42.9 Å². The minimum atomic E-state index is -0.453. The number of methoxy groups -OCH3 is 2. The third kappa shape index (κ3) is 4.45. The molecular weight excluding hydrogens is 454 g/mol. The zero-order valence-corrected chi connectivity index (χ0v) is 19.8. The fourth-order valence-electron chi connectivity index (χ4n) is 3.86. The summed E-state index contributed by atoms with van der Waals surface area (Å²) in [5.41, 5.74) is 12.0. The van der Waals surface area contributed by atoms with Gasteiger partial charge in [0.05, 0.1) is 36.9 Å². The molecule has 3 N–H and O–H groups in total. The molecule has 1 aliphatic carbocycles. The fraction of sp³-hybridized carbons (Fsp3) is 0.200. The lowest BCUT2D eigenvalue weighted by atomic mass is 9.88. The number of ether oxygens (including phenoxy) is 2. The molecular formula is C25H24ClN5O3. The SMILES string of the molecule is CN=C(C1=C(N)CCc2cnc(Nc3ccc(C(=O)OC)cc3OC)nc21)c1ccccc1Cl. The number of aliphatic imine (C=N–C) groups is 1. The van der Waals surface area contributed by atoms with Crippen LogP contribution in [-0.2, 0) is 11.2 Å². The van der Waals surface area contributed by atoms with Gasteiger partial charge in [0.25, 0.3) is 0 Å². The Morgan fingerprint density at radius 2 is 1.97 bits per heavy atom. The predicted octanol–water partition coefficient (Wildman–Crippen LogP) is 4.40. The Morgan fingerprint density at radius 1 is 1.18 bits per heavy atom. The second-order valence-electron chi connectivity index (χ2n) is 7.55. The minimum absolute atomic E-state index is 0.352. The highest BCUT2D eigenvalue weighted by Crippen LogP contribution is 2.34. The van der Waals surface area contributed by atoms with Crippen molar-refractivity contribution in [1.82, 2.24) is 9.97 Å². The number of nitrogens with one attached hydrogen (secondary N) is 1. The summed E-state index contributed by atoms with van der Waals surface area (Å²) < 4.78 is 10.2. The molecule has 0 spiro atoms. The number of nitrogens with zero attached hydrogens (tertiary/aromatic N) is 3. The maximum atomic E-state index is 11.9. The third-order valence-electron chi connectivity index (χ3n) is 5.54. The molecule has 0 bridgehead atoms. The number of halogens is 1. The van der Waals surface area contributed by atoms with Gasteiger partial charge in [0.2, 0.25) is 5.95 Å². The number of carbonyl (C=O) groups is 1. The fourth-order valence-corrected chi connectivity index (χ4v) is 4.08. The molecule has 9 heteroatoms. The van der Waals surface area contributed by atoms with E-state index in [4.69, 9.17) is 31.8 Å². The molecule has 0 saturated carbocycles. The van der Waals surface area contributed by atoms with Crippen LogP contribution in [0.5, 0.6) is 5.75 Å². The van der Waals surface area contributed by atoms with E-state index in [2.05, 4.69) is 15.3 Å². The smallest absolute Gasteiger partial charge is 0.337 e. The van der Waals surface area contributed by atoms with Crippen molar-refractivity contribution >= 4 is 40.5 Å². The van der Waals surface area contributed by atoms with Gasteiger partial charge in [-0.15, -0.1) is 0 Å². The van der Waals surface area contributed by atoms with E-state index in [-0.39, 0.29) is 0 Å². The first-order chi connectivity index (χ1) is 16.5. The number of esters is 1. The van der Waals surface area contributed by atoms with E-state index < -0.39 is 5.97 Å². The summed E-state index contributed by atoms with van der Waals surface area (Å²) in [6.07, 6.45) is 3.18. The Kier molecular flexibility index (Phi) is 6.79. The highest BCUT2D eigenvalue weighted by atomic mass is 35.5. The van der Waals surface area contributed by atoms with Gasteiger partial charge in [-0.3, -0.25) is 4.99 Å². The van der Waals surface area contributed by atoms with E-state index >= 15 is 0 Å². The predicted molar refractivity (Wildman–Crippen MR) is 133 cm³/mol. The van der Waals surface area contributed by atoms with Crippen molar-refractivity contribution in [2.24, 2.45) is 10.7 Å². The van der Waals surface area contributed by atoms with Crippen molar-refractivity contribution < 1.29 is 14.3 Å². The Balaban J connectivity index is 1.74. The maximum Gasteiger partial charge on any atom is 0.337 e. The summed E-state index contributed by atoms with van der Waals surface area (Å²) in [4.78, 5) is 25.6. The number of hydrogen-bond donors (Lipinski definition) is 2. The van der Waals surface area contributed by atoms with Crippen LogP contribution in [0, 0.1) is 0 Å². The van der Waals surface area contributed by atoms with Gasteiger partial charge in [-0.2, -0.15) is 0 Å². The number of carbonyl (C=O) groups excluding carboxylic acids is 1. The summed E-state index contributed by atoms with van der Waals surface area (Å²) in [6, 6.07) is 12.4. The van der Waals surface area contributed by atoms with Crippen LogP contribution in [0.15, 0.2) is 59.4 Å². The maximum absolute atomic E-state index is 11.9. The average Bonchev–Trinajstić information content (AvgIpc) is 2.86. The molecule has 0 saturated heterocycles. The van der Waals surface area contributed by atoms with E-state index in [1.807, 2.05) is 24.3 Å². The lowest BCUT2D eigenvalue weighted by Gasteiger charge is -2.22. The molecule has 0 amide bonds. The van der Waals surface area contributed by atoms with Crippen LogP contribution in [0.2, 0.25) is 5.02 Å². The molecule has 1 aliphatic rings. The highest BCUT2D eigenvalue weighted by molar-refractivity contribution is 6.40. The molecule has 0 atom stereocenters. The van der Waals surface area contributed by atoms with Crippen LogP contribution in [0.25, 0.3) is 5.57 Å². The second kappa shape index (κ2) is 9.93. The number of allylic oxidation sites excluding steroid dienone is 2. The normalized spacial score (nSPS) is 13.4. The second-order valence-corrected chi connectivity index (χ2v) is 7.96. The molecule has 0 aliphatic heterocycles. The van der Waals surface area contributed by atoms with E-state index in [0.29, 0.717) is 51.5 Å². The van der Waals surface area contributed by atoms with Gasteiger partial charge in [-0.25, -0.2) is 14.8 Å². The first kappa shape index (κ1) is 23.3. The van der Waals surface area contributed by atoms with Gasteiger partial charge in [-0.1, -0.05) is 29.8 Å². The number of benzene rings is 2. The van der Waals surface area contributed by atoms with Crippen LogP contribution < -0.4 is 15.8 Å².